The molecule has 2 aromatic rings. The minimum Gasteiger partial charge on any atom is -0.338 e. The van der Waals surface area contributed by atoms with Crippen LogP contribution in [0.25, 0.3) is 0 Å². The summed E-state index contributed by atoms with van der Waals surface area (Å²) >= 11 is 1.34. The van der Waals surface area contributed by atoms with Crippen LogP contribution in [-0.4, -0.2) is 15.3 Å². The molecule has 0 unspecified atom stereocenters. The van der Waals surface area contributed by atoms with Crippen LogP contribution < -0.4 is 16.7 Å². The minimum atomic E-state index is 0.224. The van der Waals surface area contributed by atoms with Crippen molar-refractivity contribution in [3.05, 3.63) is 41.0 Å². The molecule has 0 saturated heterocycles. The summed E-state index contributed by atoms with van der Waals surface area (Å²) in [6.07, 6.45) is 0. The number of hydrogen-bond acceptors (Lipinski definition) is 7. The number of benzene rings is 1. The van der Waals surface area contributed by atoms with Gasteiger partial charge in [-0.15, -0.1) is 0 Å². The van der Waals surface area contributed by atoms with Gasteiger partial charge in [-0.25, -0.2) is 5.84 Å². The van der Waals surface area contributed by atoms with E-state index >= 15 is 0 Å². The standard InChI is InChI=1S/C15H22N6OS/c1-9(2)14-18-13(22-20-14)8-23-15(19-16)21(17)12-6-10(3)5-11(4)7-12/h5-7,9H,8,16-17H2,1-4H3/b19-15+. The van der Waals surface area contributed by atoms with Gasteiger partial charge in [0.25, 0.3) is 0 Å². The summed E-state index contributed by atoms with van der Waals surface area (Å²) in [7, 11) is 0. The van der Waals surface area contributed by atoms with Crippen LogP contribution in [0.4, 0.5) is 5.69 Å². The van der Waals surface area contributed by atoms with Gasteiger partial charge in [-0.1, -0.05) is 36.8 Å². The SMILES string of the molecule is Cc1cc(C)cc(N(N)/C(=N\N)SCc2nc(C(C)C)no2)c1. The van der Waals surface area contributed by atoms with Crippen LogP contribution in [-0.2, 0) is 5.75 Å². The van der Waals surface area contributed by atoms with E-state index in [9.17, 15) is 0 Å². The second-order valence-corrected chi connectivity index (χ2v) is 6.56. The Hall–Kier alpha value is -2.06. The number of rotatable bonds is 4. The van der Waals surface area contributed by atoms with E-state index in [-0.39, 0.29) is 5.92 Å². The molecular weight excluding hydrogens is 312 g/mol. The Labute approximate surface area is 140 Å². The zero-order valence-electron chi connectivity index (χ0n) is 13.8. The third kappa shape index (κ3) is 4.46. The molecule has 0 aliphatic rings. The van der Waals surface area contributed by atoms with E-state index in [0.29, 0.717) is 22.6 Å². The van der Waals surface area contributed by atoms with E-state index < -0.39 is 0 Å². The molecule has 0 bridgehead atoms. The van der Waals surface area contributed by atoms with Gasteiger partial charge in [0, 0.05) is 5.92 Å². The average Bonchev–Trinajstić information content (AvgIpc) is 2.95. The second-order valence-electron chi connectivity index (χ2n) is 5.62. The van der Waals surface area contributed by atoms with Crippen molar-refractivity contribution in [1.82, 2.24) is 10.1 Å². The minimum absolute atomic E-state index is 0.224. The molecule has 2 rings (SSSR count). The normalized spacial score (nSPS) is 12.0. The lowest BCUT2D eigenvalue weighted by molar-refractivity contribution is 0.383. The van der Waals surface area contributed by atoms with Gasteiger partial charge in [0.1, 0.15) is 0 Å². The van der Waals surface area contributed by atoms with Crippen LogP contribution in [0.2, 0.25) is 0 Å². The van der Waals surface area contributed by atoms with E-state index in [1.807, 2.05) is 39.8 Å². The van der Waals surface area contributed by atoms with Gasteiger partial charge >= 0.3 is 0 Å². The lowest BCUT2D eigenvalue weighted by Gasteiger charge is -2.20. The summed E-state index contributed by atoms with van der Waals surface area (Å²) in [6, 6.07) is 6.03. The number of hydrogen-bond donors (Lipinski definition) is 2. The predicted molar refractivity (Wildman–Crippen MR) is 93.9 cm³/mol. The van der Waals surface area contributed by atoms with E-state index in [1.54, 1.807) is 0 Å². The first kappa shape index (κ1) is 17.3. The maximum Gasteiger partial charge on any atom is 0.237 e. The fourth-order valence-electron chi connectivity index (χ4n) is 2.06. The van der Waals surface area contributed by atoms with Gasteiger partial charge in [0.05, 0.1) is 11.4 Å². The zero-order chi connectivity index (χ0) is 17.0. The molecule has 124 valence electrons. The second kappa shape index (κ2) is 7.47. The van der Waals surface area contributed by atoms with Crippen molar-refractivity contribution in [3.8, 4) is 0 Å². The summed E-state index contributed by atoms with van der Waals surface area (Å²) in [5.74, 6) is 13.5. The van der Waals surface area contributed by atoms with Gasteiger partial charge in [0.2, 0.25) is 11.1 Å². The average molecular weight is 334 g/mol. The lowest BCUT2D eigenvalue weighted by atomic mass is 10.1. The highest BCUT2D eigenvalue weighted by Crippen LogP contribution is 2.22. The fourth-order valence-corrected chi connectivity index (χ4v) is 2.75. The number of hydrazine groups is 1. The van der Waals surface area contributed by atoms with Gasteiger partial charge in [-0.2, -0.15) is 10.1 Å². The van der Waals surface area contributed by atoms with Crippen molar-refractivity contribution >= 4 is 22.6 Å². The van der Waals surface area contributed by atoms with Crippen LogP contribution in [0.3, 0.4) is 0 Å². The molecular formula is C15H22N6OS. The maximum absolute atomic E-state index is 6.14. The molecule has 0 radical (unpaired) electrons. The van der Waals surface area contributed by atoms with Crippen molar-refractivity contribution in [2.75, 3.05) is 5.01 Å². The van der Waals surface area contributed by atoms with Crippen LogP contribution >= 0.6 is 11.8 Å². The summed E-state index contributed by atoms with van der Waals surface area (Å²) in [5.41, 5.74) is 3.07. The monoisotopic (exact) mass is 334 g/mol. The first-order valence-electron chi connectivity index (χ1n) is 7.27. The summed E-state index contributed by atoms with van der Waals surface area (Å²) in [4.78, 5) is 4.32. The molecule has 0 spiro atoms. The van der Waals surface area contributed by atoms with Gasteiger partial charge < -0.3 is 10.4 Å². The Morgan fingerprint density at radius 1 is 1.30 bits per heavy atom. The summed E-state index contributed by atoms with van der Waals surface area (Å²) in [6.45, 7) is 8.05. The topological polar surface area (TPSA) is 107 Å². The molecule has 0 aliphatic carbocycles. The van der Waals surface area contributed by atoms with Crippen molar-refractivity contribution in [2.24, 2.45) is 16.8 Å². The third-order valence-electron chi connectivity index (χ3n) is 3.13. The number of aromatic nitrogens is 2. The van der Waals surface area contributed by atoms with Crippen LogP contribution in [0.5, 0.6) is 0 Å². The predicted octanol–water partition coefficient (Wildman–Crippen LogP) is 2.65. The Kier molecular flexibility index (Phi) is 5.62. The highest BCUT2D eigenvalue weighted by atomic mass is 32.2. The van der Waals surface area contributed by atoms with Crippen LogP contribution in [0.15, 0.2) is 27.8 Å². The molecule has 0 aliphatic heterocycles. The quantitative estimate of drug-likeness (QED) is 0.383. The van der Waals surface area contributed by atoms with Gasteiger partial charge in [-0.05, 0) is 37.1 Å². The van der Waals surface area contributed by atoms with Crippen molar-refractivity contribution in [2.45, 2.75) is 39.4 Å². The zero-order valence-corrected chi connectivity index (χ0v) is 14.6. The Balaban J connectivity index is 2.07. The maximum atomic E-state index is 6.14. The molecule has 0 amide bonds. The number of hydrazone groups is 1. The molecule has 0 fully saturated rings. The van der Waals surface area contributed by atoms with E-state index in [2.05, 4.69) is 21.3 Å². The Bertz CT molecular complexity index is 677. The number of nitrogens with zero attached hydrogens (tertiary/aromatic N) is 4. The molecule has 23 heavy (non-hydrogen) atoms. The molecule has 0 atom stereocenters. The molecule has 1 heterocycles. The van der Waals surface area contributed by atoms with E-state index in [4.69, 9.17) is 16.2 Å². The first-order valence-corrected chi connectivity index (χ1v) is 8.25. The van der Waals surface area contributed by atoms with Gasteiger partial charge in [0.15, 0.2) is 5.82 Å². The number of amidine groups is 1. The van der Waals surface area contributed by atoms with E-state index in [0.717, 1.165) is 16.8 Å². The number of nitrogens with two attached hydrogens (primary N) is 2. The number of aryl methyl sites for hydroxylation is 2. The molecule has 1 aromatic carbocycles. The molecule has 4 N–H and O–H groups in total. The Morgan fingerprint density at radius 2 is 1.96 bits per heavy atom. The highest BCUT2D eigenvalue weighted by molar-refractivity contribution is 8.13. The van der Waals surface area contributed by atoms with Gasteiger partial charge in [-0.3, -0.25) is 5.01 Å². The number of anilines is 1. The summed E-state index contributed by atoms with van der Waals surface area (Å²) in [5, 5.41) is 9.64. The summed E-state index contributed by atoms with van der Waals surface area (Å²) < 4.78 is 5.21. The largest absolute Gasteiger partial charge is 0.338 e. The lowest BCUT2D eigenvalue weighted by Crippen LogP contribution is -2.36. The van der Waals surface area contributed by atoms with Crippen molar-refractivity contribution in [1.29, 1.82) is 0 Å². The smallest absolute Gasteiger partial charge is 0.237 e. The molecule has 7 nitrogen and oxygen atoms in total. The fraction of sp³-hybridized carbons (Fsp3) is 0.400. The highest BCUT2D eigenvalue weighted by Gasteiger charge is 2.15. The van der Waals surface area contributed by atoms with Crippen LogP contribution in [0, 0.1) is 13.8 Å². The first-order chi connectivity index (χ1) is 10.9. The third-order valence-corrected chi connectivity index (χ3v) is 4.08. The van der Waals surface area contributed by atoms with E-state index in [1.165, 1.54) is 16.8 Å². The number of thioether (sulfide) groups is 1. The molecule has 1 aromatic heterocycles. The molecule has 8 heteroatoms. The van der Waals surface area contributed by atoms with Crippen molar-refractivity contribution in [3.63, 3.8) is 0 Å². The Morgan fingerprint density at radius 3 is 2.48 bits per heavy atom. The van der Waals surface area contributed by atoms with Crippen LogP contribution in [0.1, 0.15) is 42.6 Å². The van der Waals surface area contributed by atoms with Crippen molar-refractivity contribution < 1.29 is 4.52 Å². The molecule has 0 saturated carbocycles.